The van der Waals surface area contributed by atoms with Crippen LogP contribution in [0.2, 0.25) is 0 Å². The molecule has 0 aliphatic heterocycles. The standard InChI is InChI=1S/C9H6F2O2/c10-8-4-6(13)5-9(11)7(8)2-1-3-12/h1-5,13H. The Bertz CT molecular complexity index is 336. The number of benzene rings is 1. The van der Waals surface area contributed by atoms with Crippen molar-refractivity contribution in [2.75, 3.05) is 0 Å². The van der Waals surface area contributed by atoms with Crippen LogP contribution >= 0.6 is 0 Å². The third-order valence-corrected chi connectivity index (χ3v) is 1.41. The molecule has 0 atom stereocenters. The van der Waals surface area contributed by atoms with Gasteiger partial charge in [0.25, 0.3) is 0 Å². The van der Waals surface area contributed by atoms with Crippen molar-refractivity contribution in [3.63, 3.8) is 0 Å². The average molecular weight is 184 g/mol. The fourth-order valence-corrected chi connectivity index (χ4v) is 0.866. The normalized spacial score (nSPS) is 10.6. The van der Waals surface area contributed by atoms with Crippen molar-refractivity contribution in [2.24, 2.45) is 0 Å². The van der Waals surface area contributed by atoms with Crippen LogP contribution in [0.15, 0.2) is 18.2 Å². The second-order valence-corrected chi connectivity index (χ2v) is 2.32. The predicted molar refractivity (Wildman–Crippen MR) is 43.1 cm³/mol. The van der Waals surface area contributed by atoms with Gasteiger partial charge in [0, 0.05) is 17.7 Å². The molecule has 1 aromatic rings. The molecule has 2 nitrogen and oxygen atoms in total. The highest BCUT2D eigenvalue weighted by atomic mass is 19.1. The van der Waals surface area contributed by atoms with E-state index < -0.39 is 17.4 Å². The monoisotopic (exact) mass is 184 g/mol. The van der Waals surface area contributed by atoms with Gasteiger partial charge in [-0.25, -0.2) is 8.78 Å². The molecular weight excluding hydrogens is 178 g/mol. The van der Waals surface area contributed by atoms with E-state index in [9.17, 15) is 13.6 Å². The molecule has 0 aliphatic rings. The van der Waals surface area contributed by atoms with Crippen LogP contribution in [0, 0.1) is 11.6 Å². The molecule has 13 heavy (non-hydrogen) atoms. The molecule has 0 bridgehead atoms. The van der Waals surface area contributed by atoms with E-state index in [2.05, 4.69) is 0 Å². The summed E-state index contributed by atoms with van der Waals surface area (Å²) in [4.78, 5) is 9.89. The first kappa shape index (κ1) is 9.38. The smallest absolute Gasteiger partial charge is 0.142 e. The third-order valence-electron chi connectivity index (χ3n) is 1.41. The second kappa shape index (κ2) is 3.80. The predicted octanol–water partition coefficient (Wildman–Crippen LogP) is 1.88. The van der Waals surface area contributed by atoms with Crippen molar-refractivity contribution < 1.29 is 18.7 Å². The van der Waals surface area contributed by atoms with Gasteiger partial charge in [0.1, 0.15) is 23.7 Å². The average Bonchev–Trinajstić information content (AvgIpc) is 2.02. The van der Waals surface area contributed by atoms with Crippen molar-refractivity contribution in [1.82, 2.24) is 0 Å². The van der Waals surface area contributed by atoms with Crippen LogP contribution in [0.5, 0.6) is 5.75 Å². The van der Waals surface area contributed by atoms with Crippen LogP contribution in [0.4, 0.5) is 8.78 Å². The Morgan fingerprint density at radius 2 is 1.77 bits per heavy atom. The molecule has 0 aliphatic carbocycles. The van der Waals surface area contributed by atoms with Gasteiger partial charge < -0.3 is 5.11 Å². The highest BCUT2D eigenvalue weighted by Crippen LogP contribution is 2.20. The SMILES string of the molecule is O=CC=Cc1c(F)cc(O)cc1F. The van der Waals surface area contributed by atoms with Crippen molar-refractivity contribution in [3.8, 4) is 5.75 Å². The molecule has 0 spiro atoms. The molecule has 0 aromatic heterocycles. The molecule has 0 radical (unpaired) electrons. The van der Waals surface area contributed by atoms with Crippen molar-refractivity contribution in [3.05, 3.63) is 35.4 Å². The number of halogens is 2. The van der Waals surface area contributed by atoms with Crippen molar-refractivity contribution in [1.29, 1.82) is 0 Å². The van der Waals surface area contributed by atoms with Crippen LogP contribution in [-0.4, -0.2) is 11.4 Å². The fraction of sp³-hybridized carbons (Fsp3) is 0. The lowest BCUT2D eigenvalue weighted by Crippen LogP contribution is -1.88. The molecule has 68 valence electrons. The number of aldehydes is 1. The third kappa shape index (κ3) is 2.11. The van der Waals surface area contributed by atoms with Gasteiger partial charge in [0.05, 0.1) is 0 Å². The van der Waals surface area contributed by atoms with Gasteiger partial charge >= 0.3 is 0 Å². The fourth-order valence-electron chi connectivity index (χ4n) is 0.866. The second-order valence-electron chi connectivity index (χ2n) is 2.32. The van der Waals surface area contributed by atoms with Crippen molar-refractivity contribution >= 4 is 12.4 Å². The van der Waals surface area contributed by atoms with Crippen LogP contribution in [-0.2, 0) is 4.79 Å². The maximum absolute atomic E-state index is 12.9. The number of phenols is 1. The number of aromatic hydroxyl groups is 1. The summed E-state index contributed by atoms with van der Waals surface area (Å²) in [7, 11) is 0. The lowest BCUT2D eigenvalue weighted by Gasteiger charge is -1.99. The molecule has 1 aromatic carbocycles. The summed E-state index contributed by atoms with van der Waals surface area (Å²) < 4.78 is 25.7. The number of carbonyl (C=O) groups excluding carboxylic acids is 1. The Labute approximate surface area is 73.1 Å². The van der Waals surface area contributed by atoms with Crippen LogP contribution < -0.4 is 0 Å². The zero-order valence-corrected chi connectivity index (χ0v) is 6.50. The van der Waals surface area contributed by atoms with Crippen LogP contribution in [0.1, 0.15) is 5.56 Å². The van der Waals surface area contributed by atoms with Crippen LogP contribution in [0.3, 0.4) is 0 Å². The van der Waals surface area contributed by atoms with E-state index in [0.717, 1.165) is 24.3 Å². The number of rotatable bonds is 2. The molecule has 1 rings (SSSR count). The van der Waals surface area contributed by atoms with Gasteiger partial charge in [-0.1, -0.05) is 0 Å². The van der Waals surface area contributed by atoms with Gasteiger partial charge in [-0.05, 0) is 12.2 Å². The van der Waals surface area contributed by atoms with E-state index in [1.807, 2.05) is 0 Å². The maximum atomic E-state index is 12.9. The summed E-state index contributed by atoms with van der Waals surface area (Å²) in [6.45, 7) is 0. The Balaban J connectivity index is 3.20. The summed E-state index contributed by atoms with van der Waals surface area (Å²) >= 11 is 0. The highest BCUT2D eigenvalue weighted by molar-refractivity contribution is 5.74. The van der Waals surface area contributed by atoms with E-state index in [1.165, 1.54) is 0 Å². The largest absolute Gasteiger partial charge is 0.508 e. The molecule has 0 saturated carbocycles. The maximum Gasteiger partial charge on any atom is 0.142 e. The molecular formula is C9H6F2O2. The topological polar surface area (TPSA) is 37.3 Å². The first-order valence-corrected chi connectivity index (χ1v) is 3.45. The number of carbonyl (C=O) groups is 1. The first-order chi connectivity index (χ1) is 6.15. The van der Waals surface area contributed by atoms with E-state index in [0.29, 0.717) is 6.29 Å². The zero-order valence-electron chi connectivity index (χ0n) is 6.50. The van der Waals surface area contributed by atoms with Gasteiger partial charge in [-0.3, -0.25) is 4.79 Å². The van der Waals surface area contributed by atoms with E-state index >= 15 is 0 Å². The summed E-state index contributed by atoms with van der Waals surface area (Å²) in [6.07, 6.45) is 2.38. The van der Waals surface area contributed by atoms with Gasteiger partial charge in [0.2, 0.25) is 0 Å². The molecule has 0 unspecified atom stereocenters. The Morgan fingerprint density at radius 3 is 2.23 bits per heavy atom. The van der Waals surface area contributed by atoms with E-state index in [1.54, 1.807) is 0 Å². The molecule has 0 saturated heterocycles. The summed E-state index contributed by atoms with van der Waals surface area (Å²) in [5.41, 5.74) is -0.343. The minimum absolute atomic E-state index is 0.343. The molecule has 4 heteroatoms. The number of allylic oxidation sites excluding steroid dienone is 1. The zero-order chi connectivity index (χ0) is 9.84. The minimum Gasteiger partial charge on any atom is -0.508 e. The molecule has 0 fully saturated rings. The Morgan fingerprint density at radius 1 is 1.23 bits per heavy atom. The van der Waals surface area contributed by atoms with Gasteiger partial charge in [-0.15, -0.1) is 0 Å². The van der Waals surface area contributed by atoms with E-state index in [4.69, 9.17) is 5.11 Å². The van der Waals surface area contributed by atoms with Crippen molar-refractivity contribution in [2.45, 2.75) is 0 Å². The summed E-state index contributed by atoms with van der Waals surface area (Å²) in [6, 6.07) is 1.54. The minimum atomic E-state index is -0.907. The number of phenolic OH excluding ortho intramolecular Hbond substituents is 1. The van der Waals surface area contributed by atoms with Gasteiger partial charge in [0.15, 0.2) is 0 Å². The van der Waals surface area contributed by atoms with Crippen LogP contribution in [0.25, 0.3) is 6.08 Å². The molecule has 1 N–H and O–H groups in total. The van der Waals surface area contributed by atoms with Gasteiger partial charge in [-0.2, -0.15) is 0 Å². The Kier molecular flexibility index (Phi) is 2.74. The van der Waals surface area contributed by atoms with E-state index in [-0.39, 0.29) is 5.56 Å². The molecule has 0 amide bonds. The quantitative estimate of drug-likeness (QED) is 0.562. The summed E-state index contributed by atoms with van der Waals surface area (Å²) in [5.74, 6) is -2.30. The lowest BCUT2D eigenvalue weighted by molar-refractivity contribution is -0.104. The highest BCUT2D eigenvalue weighted by Gasteiger charge is 2.07. The number of hydrogen-bond acceptors (Lipinski definition) is 2. The lowest BCUT2D eigenvalue weighted by atomic mass is 10.2. The summed E-state index contributed by atoms with van der Waals surface area (Å²) in [5, 5.41) is 8.77. The first-order valence-electron chi connectivity index (χ1n) is 3.45. The molecule has 0 heterocycles. The number of hydrogen-bond donors (Lipinski definition) is 1. The Hall–Kier alpha value is -1.71.